The standard InChI is InChI=1S/C48H28BrN3O/c49-39-14-8-16-44-46(39)38-28-34(23-26-43(38)53-44)33-22-24-41-37(27-33)45-35-12-5-4-11-31(35)21-25-42(45)52(41)48-50-40-15-7-6-13-36(40)47(51-48)32-19-17-30(18-20-32)29-9-2-1-3-10-29/h1-28H. The largest absolute Gasteiger partial charge is 0.456 e. The summed E-state index contributed by atoms with van der Waals surface area (Å²) in [6.45, 7) is 0. The highest BCUT2D eigenvalue weighted by molar-refractivity contribution is 9.10. The van der Waals surface area contributed by atoms with Crippen LogP contribution >= 0.6 is 15.9 Å². The average molecular weight is 743 g/mol. The second-order valence-electron chi connectivity index (χ2n) is 13.5. The van der Waals surface area contributed by atoms with Crippen LogP contribution in [-0.2, 0) is 0 Å². The molecule has 0 bridgehead atoms. The molecule has 0 amide bonds. The van der Waals surface area contributed by atoms with E-state index in [-0.39, 0.29) is 0 Å². The Balaban J connectivity index is 1.15. The number of nitrogens with zero attached hydrogens (tertiary/aromatic N) is 3. The Morgan fingerprint density at radius 2 is 1.11 bits per heavy atom. The molecule has 11 aromatic rings. The first-order chi connectivity index (χ1) is 26.2. The van der Waals surface area contributed by atoms with Crippen molar-refractivity contribution in [3.05, 3.63) is 174 Å². The number of hydrogen-bond acceptors (Lipinski definition) is 3. The lowest BCUT2D eigenvalue weighted by Crippen LogP contribution is -2.03. The summed E-state index contributed by atoms with van der Waals surface area (Å²) in [7, 11) is 0. The topological polar surface area (TPSA) is 43.9 Å². The van der Waals surface area contributed by atoms with Crippen molar-refractivity contribution in [3.8, 4) is 39.5 Å². The van der Waals surface area contributed by atoms with Gasteiger partial charge in [0.2, 0.25) is 5.95 Å². The van der Waals surface area contributed by atoms with Gasteiger partial charge in [0, 0.05) is 37.0 Å². The highest BCUT2D eigenvalue weighted by atomic mass is 79.9. The van der Waals surface area contributed by atoms with Crippen LogP contribution in [0.25, 0.3) is 105 Å². The summed E-state index contributed by atoms with van der Waals surface area (Å²) in [4.78, 5) is 10.6. The van der Waals surface area contributed by atoms with E-state index < -0.39 is 0 Å². The predicted molar refractivity (Wildman–Crippen MR) is 223 cm³/mol. The van der Waals surface area contributed by atoms with Gasteiger partial charge in [-0.1, -0.05) is 137 Å². The molecule has 0 unspecified atom stereocenters. The quantitative estimate of drug-likeness (QED) is 0.180. The number of fused-ring (bicyclic) bond motifs is 9. The molecule has 11 rings (SSSR count). The molecule has 248 valence electrons. The number of para-hydroxylation sites is 1. The van der Waals surface area contributed by atoms with E-state index in [0.29, 0.717) is 5.95 Å². The maximum absolute atomic E-state index is 6.20. The molecule has 0 aliphatic rings. The Morgan fingerprint density at radius 3 is 1.98 bits per heavy atom. The van der Waals surface area contributed by atoms with E-state index in [1.807, 2.05) is 24.3 Å². The van der Waals surface area contributed by atoms with Gasteiger partial charge in [-0.05, 0) is 81.6 Å². The van der Waals surface area contributed by atoms with Crippen LogP contribution in [0, 0.1) is 0 Å². The first-order valence-electron chi connectivity index (χ1n) is 17.7. The third kappa shape index (κ3) is 4.74. The van der Waals surface area contributed by atoms with Gasteiger partial charge in [-0.3, -0.25) is 4.57 Å². The zero-order chi connectivity index (χ0) is 35.0. The number of halogens is 1. The zero-order valence-electron chi connectivity index (χ0n) is 28.3. The van der Waals surface area contributed by atoms with Crippen LogP contribution < -0.4 is 0 Å². The number of rotatable bonds is 4. The van der Waals surface area contributed by atoms with Gasteiger partial charge >= 0.3 is 0 Å². The lowest BCUT2D eigenvalue weighted by Gasteiger charge is -2.12. The van der Waals surface area contributed by atoms with Gasteiger partial charge in [0.25, 0.3) is 0 Å². The van der Waals surface area contributed by atoms with E-state index >= 15 is 0 Å². The molecule has 0 saturated heterocycles. The minimum atomic E-state index is 0.644. The molecule has 0 atom stereocenters. The van der Waals surface area contributed by atoms with Gasteiger partial charge in [-0.2, -0.15) is 0 Å². The monoisotopic (exact) mass is 741 g/mol. The zero-order valence-corrected chi connectivity index (χ0v) is 29.9. The maximum Gasteiger partial charge on any atom is 0.235 e. The van der Waals surface area contributed by atoms with Crippen LogP contribution in [0.15, 0.2) is 179 Å². The molecule has 3 heterocycles. The van der Waals surface area contributed by atoms with E-state index in [9.17, 15) is 0 Å². The summed E-state index contributed by atoms with van der Waals surface area (Å²) in [5, 5.41) is 7.92. The third-order valence-corrected chi connectivity index (χ3v) is 11.1. The molecule has 0 fully saturated rings. The number of aromatic nitrogens is 3. The van der Waals surface area contributed by atoms with Crippen molar-refractivity contribution >= 4 is 81.3 Å². The second-order valence-corrected chi connectivity index (χ2v) is 14.4. The molecule has 0 radical (unpaired) electrons. The van der Waals surface area contributed by atoms with E-state index in [1.54, 1.807) is 0 Å². The van der Waals surface area contributed by atoms with E-state index in [2.05, 4.69) is 166 Å². The Labute approximate surface area is 312 Å². The average Bonchev–Trinajstić information content (AvgIpc) is 3.77. The lowest BCUT2D eigenvalue weighted by atomic mass is 9.99. The van der Waals surface area contributed by atoms with Crippen molar-refractivity contribution in [1.82, 2.24) is 14.5 Å². The van der Waals surface area contributed by atoms with Gasteiger partial charge < -0.3 is 4.42 Å². The minimum absolute atomic E-state index is 0.644. The Bertz CT molecular complexity index is 3230. The van der Waals surface area contributed by atoms with Gasteiger partial charge in [0.1, 0.15) is 11.2 Å². The fourth-order valence-electron chi connectivity index (χ4n) is 7.98. The molecule has 53 heavy (non-hydrogen) atoms. The number of hydrogen-bond donors (Lipinski definition) is 0. The smallest absolute Gasteiger partial charge is 0.235 e. The molecule has 0 spiro atoms. The third-order valence-electron chi connectivity index (χ3n) is 10.5. The molecule has 4 nitrogen and oxygen atoms in total. The lowest BCUT2D eigenvalue weighted by molar-refractivity contribution is 0.669. The first-order valence-corrected chi connectivity index (χ1v) is 18.5. The number of benzene rings is 8. The van der Waals surface area contributed by atoms with Crippen molar-refractivity contribution in [2.45, 2.75) is 0 Å². The van der Waals surface area contributed by atoms with Crippen LogP contribution in [-0.4, -0.2) is 14.5 Å². The molecular formula is C48H28BrN3O. The fraction of sp³-hybridized carbons (Fsp3) is 0. The van der Waals surface area contributed by atoms with Crippen molar-refractivity contribution in [2.24, 2.45) is 0 Å². The van der Waals surface area contributed by atoms with Crippen LogP contribution in [0.1, 0.15) is 0 Å². The SMILES string of the molecule is Brc1cccc2oc3ccc(-c4ccc5c(c4)c4c6ccccc6ccc4n5-c4nc(-c5ccc(-c6ccccc6)cc5)c5ccccc5n4)cc3c12. The summed E-state index contributed by atoms with van der Waals surface area (Å²) in [6.07, 6.45) is 0. The molecule has 0 N–H and O–H groups in total. The predicted octanol–water partition coefficient (Wildman–Crippen LogP) is 13.5. The van der Waals surface area contributed by atoms with Gasteiger partial charge in [-0.15, -0.1) is 0 Å². The summed E-state index contributed by atoms with van der Waals surface area (Å²) in [5.41, 5.74) is 11.3. The molecule has 3 aromatic heterocycles. The van der Waals surface area contributed by atoms with E-state index in [4.69, 9.17) is 14.4 Å². The highest BCUT2D eigenvalue weighted by Crippen LogP contribution is 2.41. The normalized spacial score (nSPS) is 11.9. The van der Waals surface area contributed by atoms with Gasteiger partial charge in [0.05, 0.1) is 22.2 Å². The van der Waals surface area contributed by atoms with Crippen LogP contribution in [0.5, 0.6) is 0 Å². The fourth-order valence-corrected chi connectivity index (χ4v) is 8.55. The highest BCUT2D eigenvalue weighted by Gasteiger charge is 2.20. The van der Waals surface area contributed by atoms with Crippen molar-refractivity contribution in [2.75, 3.05) is 0 Å². The molecule has 0 aliphatic heterocycles. The van der Waals surface area contributed by atoms with Crippen LogP contribution in [0.4, 0.5) is 0 Å². The van der Waals surface area contributed by atoms with E-state index in [1.165, 1.54) is 27.3 Å². The first kappa shape index (κ1) is 30.1. The van der Waals surface area contributed by atoms with Crippen LogP contribution in [0.3, 0.4) is 0 Å². The second kappa shape index (κ2) is 11.7. The Morgan fingerprint density at radius 1 is 0.434 bits per heavy atom. The van der Waals surface area contributed by atoms with E-state index in [0.717, 1.165) is 76.1 Å². The van der Waals surface area contributed by atoms with Gasteiger partial charge in [0.15, 0.2) is 0 Å². The molecule has 8 aromatic carbocycles. The summed E-state index contributed by atoms with van der Waals surface area (Å²) >= 11 is 3.76. The van der Waals surface area contributed by atoms with Gasteiger partial charge in [-0.25, -0.2) is 9.97 Å². The number of furan rings is 1. The Kier molecular flexibility index (Phi) is 6.67. The van der Waals surface area contributed by atoms with Crippen molar-refractivity contribution in [3.63, 3.8) is 0 Å². The molecule has 5 heteroatoms. The summed E-state index contributed by atoms with van der Waals surface area (Å²) < 4.78 is 9.46. The molecule has 0 aliphatic carbocycles. The summed E-state index contributed by atoms with van der Waals surface area (Å²) in [5.74, 6) is 0.644. The molecular weight excluding hydrogens is 714 g/mol. The van der Waals surface area contributed by atoms with Crippen molar-refractivity contribution < 1.29 is 4.42 Å². The van der Waals surface area contributed by atoms with Crippen LogP contribution in [0.2, 0.25) is 0 Å². The Hall–Kier alpha value is -6.56. The summed E-state index contributed by atoms with van der Waals surface area (Å²) in [6, 6.07) is 59.8. The molecule has 0 saturated carbocycles. The van der Waals surface area contributed by atoms with Crippen molar-refractivity contribution in [1.29, 1.82) is 0 Å². The minimum Gasteiger partial charge on any atom is -0.456 e. The maximum atomic E-state index is 6.20.